The fraction of sp³-hybridized carbons (Fsp3) is 0.750. The molecular formula is C16H25ClN4O2. The Balaban J connectivity index is 1.55. The number of aryl methyl sites for hydroxylation is 1. The van der Waals surface area contributed by atoms with Crippen LogP contribution in [0.4, 0.5) is 0 Å². The van der Waals surface area contributed by atoms with Crippen LogP contribution >= 0.6 is 11.6 Å². The Morgan fingerprint density at radius 1 is 1.26 bits per heavy atom. The van der Waals surface area contributed by atoms with E-state index in [1.54, 1.807) is 4.68 Å². The maximum atomic E-state index is 12.5. The molecule has 0 aromatic carbocycles. The lowest BCUT2D eigenvalue weighted by atomic mass is 10.1. The van der Waals surface area contributed by atoms with Gasteiger partial charge in [-0.15, -0.1) is 0 Å². The molecule has 7 heteroatoms. The van der Waals surface area contributed by atoms with Gasteiger partial charge in [0.2, 0.25) is 5.91 Å². The number of amides is 1. The standard InChI is InChI=1S/C16H25ClN4O2/c1-11-16(17)12(2)21(18-11)10-15(23)20-8-6-19(7-9-20)13-4-3-5-14(13)22/h13-14,22H,3-10H2,1-2H3/t13-,14+/m0/s1. The number of hydrogen-bond acceptors (Lipinski definition) is 4. The average Bonchev–Trinajstić information content (AvgIpc) is 3.07. The fourth-order valence-electron chi connectivity index (χ4n) is 3.71. The number of hydrogen-bond donors (Lipinski definition) is 1. The van der Waals surface area contributed by atoms with E-state index in [9.17, 15) is 9.90 Å². The van der Waals surface area contributed by atoms with Crippen LogP contribution in [-0.4, -0.2) is 68.9 Å². The van der Waals surface area contributed by atoms with E-state index in [1.807, 2.05) is 18.7 Å². The van der Waals surface area contributed by atoms with E-state index < -0.39 is 0 Å². The number of carbonyl (C=O) groups excluding carboxylic acids is 1. The predicted octanol–water partition coefficient (Wildman–Crippen LogP) is 1.21. The second-order valence-corrected chi connectivity index (χ2v) is 7.00. The van der Waals surface area contributed by atoms with Gasteiger partial charge >= 0.3 is 0 Å². The summed E-state index contributed by atoms with van der Waals surface area (Å²) in [7, 11) is 0. The van der Waals surface area contributed by atoms with E-state index in [2.05, 4.69) is 10.00 Å². The van der Waals surface area contributed by atoms with Gasteiger partial charge in [-0.3, -0.25) is 14.4 Å². The lowest BCUT2D eigenvalue weighted by Gasteiger charge is -2.39. The van der Waals surface area contributed by atoms with Crippen LogP contribution in [0.25, 0.3) is 0 Å². The second-order valence-electron chi connectivity index (χ2n) is 6.62. The molecule has 1 aromatic heterocycles. The van der Waals surface area contributed by atoms with Gasteiger partial charge in [-0.25, -0.2) is 0 Å². The van der Waals surface area contributed by atoms with Gasteiger partial charge in [0.05, 0.1) is 22.5 Å². The lowest BCUT2D eigenvalue weighted by Crippen LogP contribution is -2.54. The number of aliphatic hydroxyl groups is 1. The highest BCUT2D eigenvalue weighted by molar-refractivity contribution is 6.31. The minimum absolute atomic E-state index is 0.0823. The van der Waals surface area contributed by atoms with Gasteiger partial charge in [-0.05, 0) is 33.1 Å². The molecule has 2 fully saturated rings. The van der Waals surface area contributed by atoms with E-state index >= 15 is 0 Å². The highest BCUT2D eigenvalue weighted by atomic mass is 35.5. The quantitative estimate of drug-likeness (QED) is 0.898. The normalized spacial score (nSPS) is 26.0. The molecule has 1 amide bonds. The minimum atomic E-state index is -0.200. The molecule has 1 saturated heterocycles. The largest absolute Gasteiger partial charge is 0.391 e. The Labute approximate surface area is 142 Å². The van der Waals surface area contributed by atoms with Crippen molar-refractivity contribution >= 4 is 17.5 Å². The summed E-state index contributed by atoms with van der Waals surface area (Å²) in [6.45, 7) is 7.09. The Kier molecular flexibility index (Phi) is 4.94. The molecular weight excluding hydrogens is 316 g/mol. The Hall–Kier alpha value is -1.11. The first kappa shape index (κ1) is 16.7. The summed E-state index contributed by atoms with van der Waals surface area (Å²) < 4.78 is 1.69. The summed E-state index contributed by atoms with van der Waals surface area (Å²) in [6.07, 6.45) is 2.88. The number of piperazine rings is 1. The van der Waals surface area contributed by atoms with Gasteiger partial charge in [0.15, 0.2) is 0 Å². The molecule has 0 spiro atoms. The first-order chi connectivity index (χ1) is 11.0. The molecule has 2 atom stereocenters. The molecule has 3 rings (SSSR count). The Morgan fingerprint density at radius 3 is 2.48 bits per heavy atom. The number of carbonyl (C=O) groups is 1. The van der Waals surface area contributed by atoms with Crippen LogP contribution in [-0.2, 0) is 11.3 Å². The van der Waals surface area contributed by atoms with Crippen molar-refractivity contribution in [1.29, 1.82) is 0 Å². The average molecular weight is 341 g/mol. The second kappa shape index (κ2) is 6.79. The molecule has 23 heavy (non-hydrogen) atoms. The lowest BCUT2D eigenvalue weighted by molar-refractivity contribution is -0.134. The number of halogens is 1. The maximum absolute atomic E-state index is 12.5. The molecule has 1 aliphatic heterocycles. The molecule has 1 aromatic rings. The van der Waals surface area contributed by atoms with Gasteiger partial charge in [-0.2, -0.15) is 5.10 Å². The molecule has 0 radical (unpaired) electrons. The van der Waals surface area contributed by atoms with E-state index in [0.717, 1.165) is 56.8 Å². The molecule has 2 aliphatic rings. The third-order valence-electron chi connectivity index (χ3n) is 5.16. The van der Waals surface area contributed by atoms with E-state index in [4.69, 9.17) is 11.6 Å². The van der Waals surface area contributed by atoms with Crippen molar-refractivity contribution in [3.05, 3.63) is 16.4 Å². The molecule has 0 unspecified atom stereocenters. The van der Waals surface area contributed by atoms with Crippen molar-refractivity contribution in [2.24, 2.45) is 0 Å². The Morgan fingerprint density at radius 2 is 1.96 bits per heavy atom. The third-order valence-corrected chi connectivity index (χ3v) is 5.71. The number of aliphatic hydroxyl groups excluding tert-OH is 1. The molecule has 1 aliphatic carbocycles. The van der Waals surface area contributed by atoms with Crippen LogP contribution in [0.1, 0.15) is 30.7 Å². The summed E-state index contributed by atoms with van der Waals surface area (Å²) in [5.74, 6) is 0.0823. The van der Waals surface area contributed by atoms with Crippen LogP contribution in [0.2, 0.25) is 5.02 Å². The highest BCUT2D eigenvalue weighted by Crippen LogP contribution is 2.25. The van der Waals surface area contributed by atoms with Gasteiger partial charge in [0.25, 0.3) is 0 Å². The van der Waals surface area contributed by atoms with Crippen LogP contribution < -0.4 is 0 Å². The van der Waals surface area contributed by atoms with Crippen molar-refractivity contribution in [3.63, 3.8) is 0 Å². The molecule has 0 bridgehead atoms. The highest BCUT2D eigenvalue weighted by Gasteiger charge is 2.33. The van der Waals surface area contributed by atoms with Crippen LogP contribution in [0.5, 0.6) is 0 Å². The topological polar surface area (TPSA) is 61.6 Å². The molecule has 1 N–H and O–H groups in total. The van der Waals surface area contributed by atoms with Crippen LogP contribution in [0, 0.1) is 13.8 Å². The van der Waals surface area contributed by atoms with E-state index in [-0.39, 0.29) is 24.6 Å². The molecule has 128 valence electrons. The SMILES string of the molecule is Cc1nn(CC(=O)N2CCN([C@H]3CCC[C@H]3O)CC2)c(C)c1Cl. The van der Waals surface area contributed by atoms with Crippen molar-refractivity contribution < 1.29 is 9.90 Å². The number of aromatic nitrogens is 2. The summed E-state index contributed by atoms with van der Waals surface area (Å²) in [5.41, 5.74) is 1.60. The van der Waals surface area contributed by atoms with Crippen LogP contribution in [0.15, 0.2) is 0 Å². The molecule has 1 saturated carbocycles. The van der Waals surface area contributed by atoms with E-state index in [1.165, 1.54) is 0 Å². The zero-order valence-corrected chi connectivity index (χ0v) is 14.6. The maximum Gasteiger partial charge on any atom is 0.244 e. The molecule has 6 nitrogen and oxygen atoms in total. The van der Waals surface area contributed by atoms with Crippen molar-refractivity contribution in [3.8, 4) is 0 Å². The minimum Gasteiger partial charge on any atom is -0.391 e. The Bertz CT molecular complexity index is 581. The fourth-order valence-corrected chi connectivity index (χ4v) is 3.84. The third kappa shape index (κ3) is 3.39. The number of nitrogens with zero attached hydrogens (tertiary/aromatic N) is 4. The van der Waals surface area contributed by atoms with Crippen molar-refractivity contribution in [2.75, 3.05) is 26.2 Å². The zero-order valence-electron chi connectivity index (χ0n) is 13.8. The summed E-state index contributed by atoms with van der Waals surface area (Å²) in [6, 6.07) is 0.280. The van der Waals surface area contributed by atoms with Crippen LogP contribution in [0.3, 0.4) is 0 Å². The monoisotopic (exact) mass is 340 g/mol. The van der Waals surface area contributed by atoms with E-state index in [0.29, 0.717) is 5.02 Å². The van der Waals surface area contributed by atoms with Gasteiger partial charge < -0.3 is 10.0 Å². The van der Waals surface area contributed by atoms with Crippen molar-refractivity contribution in [2.45, 2.75) is 51.8 Å². The number of rotatable bonds is 3. The first-order valence-electron chi connectivity index (χ1n) is 8.36. The van der Waals surface area contributed by atoms with Gasteiger partial charge in [0.1, 0.15) is 6.54 Å². The van der Waals surface area contributed by atoms with Gasteiger partial charge in [-0.1, -0.05) is 11.6 Å². The summed E-state index contributed by atoms with van der Waals surface area (Å²) in [5, 5.41) is 15.0. The molecule has 2 heterocycles. The zero-order chi connectivity index (χ0) is 16.6. The smallest absolute Gasteiger partial charge is 0.244 e. The summed E-state index contributed by atoms with van der Waals surface area (Å²) in [4.78, 5) is 16.7. The predicted molar refractivity (Wildman–Crippen MR) is 88.5 cm³/mol. The van der Waals surface area contributed by atoms with Gasteiger partial charge in [0, 0.05) is 32.2 Å². The van der Waals surface area contributed by atoms with Crippen molar-refractivity contribution in [1.82, 2.24) is 19.6 Å². The summed E-state index contributed by atoms with van der Waals surface area (Å²) >= 11 is 6.13. The first-order valence-corrected chi connectivity index (χ1v) is 8.74.